The maximum Gasteiger partial charge on any atom is 0.325 e. The molecule has 4 aromatic rings. The number of hydrogen-bond donors (Lipinski definition) is 4. The lowest BCUT2D eigenvalue weighted by Crippen LogP contribution is -2.38. The smallest absolute Gasteiger partial charge is 0.325 e. The van der Waals surface area contributed by atoms with E-state index in [2.05, 4.69) is 15.3 Å². The molecule has 0 saturated carbocycles. The van der Waals surface area contributed by atoms with Crippen LogP contribution in [0.25, 0.3) is 11.3 Å². The molecule has 0 bridgehead atoms. The predicted molar refractivity (Wildman–Crippen MR) is 162 cm³/mol. The number of halogens is 3. The third-order valence-electron chi connectivity index (χ3n) is 7.06. The number of aliphatic hydroxyl groups is 2. The minimum Gasteiger partial charge on any atom is -0.491 e. The molecule has 9 nitrogen and oxygen atoms in total. The third-order valence-corrected chi connectivity index (χ3v) is 8.00. The number of H-pyrrole nitrogens is 1. The molecule has 0 radical (unpaired) electrons. The summed E-state index contributed by atoms with van der Waals surface area (Å²) in [5.41, 5.74) is 1.75. The van der Waals surface area contributed by atoms with Crippen molar-refractivity contribution in [1.29, 1.82) is 0 Å². The van der Waals surface area contributed by atoms with Gasteiger partial charge in [0.15, 0.2) is 0 Å². The van der Waals surface area contributed by atoms with E-state index in [1.807, 2.05) is 59.8 Å². The van der Waals surface area contributed by atoms with Crippen molar-refractivity contribution in [2.45, 2.75) is 31.0 Å². The number of aromatic amines is 1. The summed E-state index contributed by atoms with van der Waals surface area (Å²) in [7, 11) is 0. The Balaban J connectivity index is 1.49. The largest absolute Gasteiger partial charge is 0.491 e. The van der Waals surface area contributed by atoms with Gasteiger partial charge in [0, 0.05) is 15.1 Å². The van der Waals surface area contributed by atoms with Crippen molar-refractivity contribution in [3.05, 3.63) is 104 Å². The SMILES string of the molecule is C[C@H](c1ccccc1)[C@@H](c1nc(-c2ccc(I)cc2F)c(Cl)[nH]1)N1C(=O)N[C@H](c2ccc(OC[C@@H](O)CO)cc2)C1=O. The minimum absolute atomic E-state index is 0.0841. The van der Waals surface area contributed by atoms with Crippen LogP contribution in [0.4, 0.5) is 9.18 Å². The number of hydrogen-bond acceptors (Lipinski definition) is 6. The van der Waals surface area contributed by atoms with Crippen molar-refractivity contribution in [3.63, 3.8) is 0 Å². The van der Waals surface area contributed by atoms with E-state index in [1.165, 1.54) is 6.07 Å². The molecule has 4 atom stereocenters. The fourth-order valence-corrected chi connectivity index (χ4v) is 5.57. The molecule has 3 aromatic carbocycles. The van der Waals surface area contributed by atoms with Crippen molar-refractivity contribution in [2.75, 3.05) is 13.2 Å². The van der Waals surface area contributed by atoms with Gasteiger partial charge in [-0.25, -0.2) is 14.2 Å². The molecular weight excluding hydrogens is 678 g/mol. The molecule has 12 heteroatoms. The van der Waals surface area contributed by atoms with Crippen LogP contribution in [-0.4, -0.2) is 56.3 Å². The van der Waals surface area contributed by atoms with Crippen molar-refractivity contribution in [2.24, 2.45) is 0 Å². The molecule has 1 saturated heterocycles. The average molecular weight is 705 g/mol. The van der Waals surface area contributed by atoms with Gasteiger partial charge in [0.1, 0.15) is 53.0 Å². The maximum absolute atomic E-state index is 14.9. The predicted octanol–water partition coefficient (Wildman–Crippen LogP) is 5.34. The van der Waals surface area contributed by atoms with Crippen molar-refractivity contribution in [1.82, 2.24) is 20.2 Å². The number of nitrogens with one attached hydrogen (secondary N) is 2. The molecule has 1 aliphatic rings. The highest BCUT2D eigenvalue weighted by Crippen LogP contribution is 2.41. The van der Waals surface area contributed by atoms with E-state index < -0.39 is 48.5 Å². The first-order valence-electron chi connectivity index (χ1n) is 13.1. The van der Waals surface area contributed by atoms with Crippen LogP contribution in [-0.2, 0) is 4.79 Å². The first-order valence-corrected chi connectivity index (χ1v) is 14.5. The van der Waals surface area contributed by atoms with E-state index in [0.29, 0.717) is 14.9 Å². The van der Waals surface area contributed by atoms with Gasteiger partial charge < -0.3 is 25.3 Å². The molecule has 4 N–H and O–H groups in total. The highest BCUT2D eigenvalue weighted by atomic mass is 127. The Hall–Kier alpha value is -3.52. The number of benzene rings is 3. The lowest BCUT2D eigenvalue weighted by molar-refractivity contribution is -0.129. The summed E-state index contributed by atoms with van der Waals surface area (Å²) >= 11 is 8.54. The van der Waals surface area contributed by atoms with Gasteiger partial charge in [-0.2, -0.15) is 0 Å². The number of rotatable bonds is 10. The zero-order chi connectivity index (χ0) is 30.0. The third kappa shape index (κ3) is 6.14. The number of ether oxygens (including phenoxy) is 1. The number of carbonyl (C=O) groups is 2. The summed E-state index contributed by atoms with van der Waals surface area (Å²) < 4.78 is 21.0. The number of aliphatic hydroxyl groups excluding tert-OH is 2. The van der Waals surface area contributed by atoms with Gasteiger partial charge in [0.25, 0.3) is 5.91 Å². The Morgan fingerprint density at radius 1 is 1.12 bits per heavy atom. The maximum atomic E-state index is 14.9. The molecule has 3 amide bonds. The van der Waals surface area contributed by atoms with E-state index in [0.717, 1.165) is 10.5 Å². The summed E-state index contributed by atoms with van der Waals surface area (Å²) in [5.74, 6) is -0.741. The monoisotopic (exact) mass is 704 g/mol. The summed E-state index contributed by atoms with van der Waals surface area (Å²) in [6, 6.07) is 18.1. The number of carbonyl (C=O) groups excluding carboxylic acids is 2. The Kier molecular flexibility index (Phi) is 9.11. The van der Waals surface area contributed by atoms with Crippen LogP contribution in [0.1, 0.15) is 41.9 Å². The van der Waals surface area contributed by atoms with Crippen LogP contribution < -0.4 is 10.1 Å². The highest BCUT2D eigenvalue weighted by Gasteiger charge is 2.46. The average Bonchev–Trinajstić information content (AvgIpc) is 3.51. The first-order chi connectivity index (χ1) is 20.2. The minimum atomic E-state index is -1.02. The number of urea groups is 1. The van der Waals surface area contributed by atoms with Crippen LogP contribution in [0.15, 0.2) is 72.8 Å². The van der Waals surface area contributed by atoms with Crippen molar-refractivity contribution in [3.8, 4) is 17.0 Å². The van der Waals surface area contributed by atoms with Gasteiger partial charge >= 0.3 is 6.03 Å². The molecule has 0 aliphatic carbocycles. The van der Waals surface area contributed by atoms with E-state index >= 15 is 0 Å². The summed E-state index contributed by atoms with van der Waals surface area (Å²) in [4.78, 5) is 36.1. The Bertz CT molecular complexity index is 1590. The first kappa shape index (κ1) is 30.0. The lowest BCUT2D eigenvalue weighted by atomic mass is 9.91. The lowest BCUT2D eigenvalue weighted by Gasteiger charge is -2.29. The number of imide groups is 1. The molecule has 218 valence electrons. The highest BCUT2D eigenvalue weighted by molar-refractivity contribution is 14.1. The topological polar surface area (TPSA) is 128 Å². The molecule has 0 spiro atoms. The number of aromatic nitrogens is 2. The van der Waals surface area contributed by atoms with E-state index in [1.54, 1.807) is 36.4 Å². The van der Waals surface area contributed by atoms with Gasteiger partial charge in [-0.05, 0) is 64.0 Å². The van der Waals surface area contributed by atoms with Gasteiger partial charge in [-0.1, -0.05) is 61.0 Å². The summed E-state index contributed by atoms with van der Waals surface area (Å²) in [6.07, 6.45) is -1.02. The van der Waals surface area contributed by atoms with E-state index in [4.69, 9.17) is 21.4 Å². The molecule has 1 fully saturated rings. The number of imidazole rings is 1. The van der Waals surface area contributed by atoms with Crippen LogP contribution >= 0.6 is 34.2 Å². The van der Waals surface area contributed by atoms with Gasteiger partial charge in [-0.15, -0.1) is 0 Å². The zero-order valence-corrected chi connectivity index (χ0v) is 25.2. The second kappa shape index (κ2) is 12.8. The molecule has 5 rings (SSSR count). The quantitative estimate of drug-likeness (QED) is 0.130. The second-order valence-electron chi connectivity index (χ2n) is 9.86. The molecule has 1 aromatic heterocycles. The number of nitrogens with zero attached hydrogens (tertiary/aromatic N) is 2. The van der Waals surface area contributed by atoms with Gasteiger partial charge in [0.2, 0.25) is 0 Å². The van der Waals surface area contributed by atoms with Crippen LogP contribution in [0.5, 0.6) is 5.75 Å². The fourth-order valence-electron chi connectivity index (χ4n) is 4.88. The normalized spacial score (nSPS) is 17.2. The van der Waals surface area contributed by atoms with E-state index in [9.17, 15) is 19.1 Å². The molecule has 2 heterocycles. The molecular formula is C30H27ClFIN4O5. The van der Waals surface area contributed by atoms with Crippen LogP contribution in [0.2, 0.25) is 5.15 Å². The van der Waals surface area contributed by atoms with Crippen molar-refractivity contribution >= 4 is 46.1 Å². The van der Waals surface area contributed by atoms with Gasteiger partial charge in [-0.3, -0.25) is 9.69 Å². The second-order valence-corrected chi connectivity index (χ2v) is 11.5. The summed E-state index contributed by atoms with van der Waals surface area (Å²) in [6.45, 7) is 1.35. The summed E-state index contributed by atoms with van der Waals surface area (Å²) in [5, 5.41) is 21.3. The van der Waals surface area contributed by atoms with Crippen molar-refractivity contribution < 1.29 is 28.9 Å². The zero-order valence-electron chi connectivity index (χ0n) is 22.3. The van der Waals surface area contributed by atoms with E-state index in [-0.39, 0.29) is 28.8 Å². The number of amides is 3. The fraction of sp³-hybridized carbons (Fsp3) is 0.233. The molecule has 42 heavy (non-hydrogen) atoms. The molecule has 0 unspecified atom stereocenters. The van der Waals surface area contributed by atoms with Crippen LogP contribution in [0.3, 0.4) is 0 Å². The standard InChI is InChI=1S/C30H27ClFIN4O5/c1-16(17-5-3-2-4-6-17)26(28-34-25(27(31)36-28)22-12-9-19(33)13-23(22)32)37-29(40)24(35-30(37)41)18-7-10-21(11-8-18)42-15-20(39)14-38/h2-13,16,20,24,26,38-39H,14-15H2,1H3,(H,34,36)(H,35,41)/t16-,20+,24-,26+/m1/s1. The van der Waals surface area contributed by atoms with Gasteiger partial charge in [0.05, 0.1) is 6.61 Å². The Morgan fingerprint density at radius 3 is 2.50 bits per heavy atom. The Labute approximate surface area is 259 Å². The Morgan fingerprint density at radius 2 is 1.83 bits per heavy atom. The molecule has 1 aliphatic heterocycles. The van der Waals surface area contributed by atoms with Crippen LogP contribution in [0, 0.1) is 9.39 Å².